The van der Waals surface area contributed by atoms with Gasteiger partial charge in [0.1, 0.15) is 0 Å². The van der Waals surface area contributed by atoms with Crippen LogP contribution in [-0.4, -0.2) is 19.6 Å². The van der Waals surface area contributed by atoms with E-state index >= 15 is 0 Å². The van der Waals surface area contributed by atoms with E-state index in [1.54, 1.807) is 0 Å². The van der Waals surface area contributed by atoms with Crippen molar-refractivity contribution in [2.45, 2.75) is 181 Å². The van der Waals surface area contributed by atoms with Gasteiger partial charge in [-0.1, -0.05) is 168 Å². The summed E-state index contributed by atoms with van der Waals surface area (Å²) in [7, 11) is -4.58. The van der Waals surface area contributed by atoms with Crippen LogP contribution in [0.1, 0.15) is 181 Å². The van der Waals surface area contributed by atoms with E-state index in [-0.39, 0.29) is 63.9 Å². The summed E-state index contributed by atoms with van der Waals surface area (Å²) in [5.41, 5.74) is 0. The molecule has 0 aromatic heterocycles. The third kappa shape index (κ3) is 33.5. The zero-order valence-electron chi connectivity index (χ0n) is 24.7. The zero-order valence-corrected chi connectivity index (χ0v) is 28.7. The third-order valence-electron chi connectivity index (χ3n) is 7.38. The van der Waals surface area contributed by atoms with E-state index in [4.69, 9.17) is 0 Å². The van der Waals surface area contributed by atoms with Gasteiger partial charge >= 0.3 is 51.4 Å². The summed E-state index contributed by atoms with van der Waals surface area (Å²) < 4.78 is 37.3. The van der Waals surface area contributed by atoms with Gasteiger partial charge in [0.15, 0.2) is 0 Å². The summed E-state index contributed by atoms with van der Waals surface area (Å²) in [6, 6.07) is 0. The predicted molar refractivity (Wildman–Crippen MR) is 151 cm³/mol. The number of hydrogen-bond donors (Lipinski definition) is 0. The number of unbranched alkanes of at least 4 members (excludes halogenated alkanes) is 22. The van der Waals surface area contributed by atoms with E-state index in [1.807, 2.05) is 0 Å². The van der Waals surface area contributed by atoms with Crippen LogP contribution in [-0.2, 0) is 14.6 Å². The second-order valence-electron chi connectivity index (χ2n) is 10.9. The Bertz CT molecular complexity index is 513. The molecule has 0 saturated heterocycles. The van der Waals surface area contributed by atoms with Crippen molar-refractivity contribution in [3.63, 3.8) is 0 Å². The van der Waals surface area contributed by atoms with Crippen molar-refractivity contribution in [2.75, 3.05) is 6.61 Å². The fraction of sp³-hybridized carbons (Fsp3) is 1.00. The Morgan fingerprint density at radius 1 is 0.500 bits per heavy atom. The number of hydrogen-bond acceptors (Lipinski definition) is 4. The standard InChI is InChI=1S/C30H62O4S.K/c1-3-5-7-9-11-13-14-15-16-17-18-19-20-22-24-26-28-30(29-34-35(31,32)33)27-25-23-21-12-10-8-6-4-2;/h30H,3-29H2,1-2H3,(H,31,32,33);/q;+1/p-1. The van der Waals surface area contributed by atoms with Gasteiger partial charge in [0.2, 0.25) is 10.4 Å². The Morgan fingerprint density at radius 3 is 1.00 bits per heavy atom. The maximum atomic E-state index is 10.9. The fourth-order valence-corrected chi connectivity index (χ4v) is 5.40. The molecule has 0 bridgehead atoms. The molecule has 0 aliphatic rings. The van der Waals surface area contributed by atoms with E-state index in [0.717, 1.165) is 25.7 Å². The van der Waals surface area contributed by atoms with Crippen LogP contribution in [0.3, 0.4) is 0 Å². The topological polar surface area (TPSA) is 66.4 Å². The van der Waals surface area contributed by atoms with Crippen molar-refractivity contribution in [2.24, 2.45) is 5.92 Å². The average molecular weight is 557 g/mol. The van der Waals surface area contributed by atoms with E-state index in [0.29, 0.717) is 0 Å². The first-order valence-electron chi connectivity index (χ1n) is 15.6. The molecule has 0 rings (SSSR count). The summed E-state index contributed by atoms with van der Waals surface area (Å²) in [5, 5.41) is 0. The van der Waals surface area contributed by atoms with Gasteiger partial charge in [0.25, 0.3) is 0 Å². The van der Waals surface area contributed by atoms with Crippen LogP contribution >= 0.6 is 0 Å². The fourth-order valence-electron chi connectivity index (χ4n) is 5.04. The predicted octanol–water partition coefficient (Wildman–Crippen LogP) is 7.27. The van der Waals surface area contributed by atoms with Crippen LogP contribution in [0.15, 0.2) is 0 Å². The molecule has 212 valence electrons. The molecule has 0 heterocycles. The first kappa shape index (κ1) is 39.6. The van der Waals surface area contributed by atoms with Crippen molar-refractivity contribution in [3.8, 4) is 0 Å². The van der Waals surface area contributed by atoms with Gasteiger partial charge in [0.05, 0.1) is 6.61 Å². The summed E-state index contributed by atoms with van der Waals surface area (Å²) >= 11 is 0. The first-order valence-corrected chi connectivity index (χ1v) is 16.9. The quantitative estimate of drug-likeness (QED) is 0.0421. The van der Waals surface area contributed by atoms with Gasteiger partial charge in [-0.2, -0.15) is 0 Å². The molecule has 36 heavy (non-hydrogen) atoms. The Labute approximate surface area is 269 Å². The molecule has 0 spiro atoms. The molecule has 4 nitrogen and oxygen atoms in total. The largest absolute Gasteiger partial charge is 1.00 e. The summed E-state index contributed by atoms with van der Waals surface area (Å²) in [4.78, 5) is 0. The van der Waals surface area contributed by atoms with Gasteiger partial charge in [-0.3, -0.25) is 4.18 Å². The molecular weight excluding hydrogens is 495 g/mol. The van der Waals surface area contributed by atoms with Crippen LogP contribution in [0.2, 0.25) is 0 Å². The second kappa shape index (κ2) is 31.0. The zero-order chi connectivity index (χ0) is 25.9. The Morgan fingerprint density at radius 2 is 0.750 bits per heavy atom. The molecule has 6 heteroatoms. The van der Waals surface area contributed by atoms with E-state index < -0.39 is 10.4 Å². The van der Waals surface area contributed by atoms with Gasteiger partial charge in [0, 0.05) is 0 Å². The van der Waals surface area contributed by atoms with Gasteiger partial charge in [-0.25, -0.2) is 8.42 Å². The van der Waals surface area contributed by atoms with Crippen molar-refractivity contribution >= 4 is 10.4 Å². The van der Waals surface area contributed by atoms with Crippen LogP contribution in [0.4, 0.5) is 0 Å². The van der Waals surface area contributed by atoms with E-state index in [1.165, 1.54) is 141 Å². The third-order valence-corrected chi connectivity index (χ3v) is 7.80. The molecule has 0 aliphatic heterocycles. The molecule has 0 radical (unpaired) electrons. The minimum Gasteiger partial charge on any atom is -0.726 e. The molecule has 0 saturated carbocycles. The summed E-state index contributed by atoms with van der Waals surface area (Å²) in [6.45, 7) is 4.59. The second-order valence-corrected chi connectivity index (χ2v) is 12.0. The van der Waals surface area contributed by atoms with Gasteiger partial charge in [-0.05, 0) is 18.8 Å². The van der Waals surface area contributed by atoms with Gasteiger partial charge < -0.3 is 4.55 Å². The Kier molecular flexibility index (Phi) is 34.2. The van der Waals surface area contributed by atoms with Crippen LogP contribution in [0, 0.1) is 5.92 Å². The first-order chi connectivity index (χ1) is 17.0. The normalized spacial score (nSPS) is 12.5. The van der Waals surface area contributed by atoms with Crippen molar-refractivity contribution in [1.82, 2.24) is 0 Å². The molecule has 1 unspecified atom stereocenters. The maximum Gasteiger partial charge on any atom is 1.00 e. The Hall–Kier alpha value is 1.51. The van der Waals surface area contributed by atoms with Crippen LogP contribution in [0.5, 0.6) is 0 Å². The summed E-state index contributed by atoms with van der Waals surface area (Å²) in [6.07, 6.45) is 33.8. The van der Waals surface area contributed by atoms with Crippen molar-refractivity contribution in [1.29, 1.82) is 0 Å². The molecule has 0 amide bonds. The van der Waals surface area contributed by atoms with Crippen LogP contribution in [0.25, 0.3) is 0 Å². The SMILES string of the molecule is CCCCCCCCCCCCCCCCCCC(CCCCCCCCCC)COS(=O)(=O)[O-].[K+]. The van der Waals surface area contributed by atoms with Crippen LogP contribution < -0.4 is 51.4 Å². The van der Waals surface area contributed by atoms with Crippen molar-refractivity contribution < 1.29 is 68.5 Å². The minimum atomic E-state index is -4.58. The van der Waals surface area contributed by atoms with Crippen molar-refractivity contribution in [3.05, 3.63) is 0 Å². The molecule has 0 aliphatic carbocycles. The molecule has 0 aromatic rings. The molecular formula is C30H61KO4S. The van der Waals surface area contributed by atoms with E-state index in [9.17, 15) is 13.0 Å². The molecule has 0 fully saturated rings. The molecule has 1 atom stereocenters. The van der Waals surface area contributed by atoms with Gasteiger partial charge in [-0.15, -0.1) is 0 Å². The Balaban J connectivity index is 0. The maximum absolute atomic E-state index is 10.9. The molecule has 0 aromatic carbocycles. The number of rotatable bonds is 29. The smallest absolute Gasteiger partial charge is 0.726 e. The minimum absolute atomic E-state index is 0. The molecule has 0 N–H and O–H groups in total. The average Bonchev–Trinajstić information content (AvgIpc) is 2.82. The van der Waals surface area contributed by atoms with E-state index in [2.05, 4.69) is 18.0 Å². The summed E-state index contributed by atoms with van der Waals surface area (Å²) in [5.74, 6) is 0.200. The monoisotopic (exact) mass is 556 g/mol.